The maximum Gasteiger partial charge on any atom is 0.122 e. The molecule has 1 aromatic carbocycles. The molecular formula is C17H23N3O. The molecule has 4 heteroatoms. The molecule has 1 N–H and O–H groups in total. The Balaban J connectivity index is 1.59. The van der Waals surface area contributed by atoms with Gasteiger partial charge in [-0.3, -0.25) is 4.68 Å². The van der Waals surface area contributed by atoms with Crippen LogP contribution in [-0.2, 0) is 19.9 Å². The van der Waals surface area contributed by atoms with Crippen molar-refractivity contribution in [3.8, 4) is 5.75 Å². The highest BCUT2D eigenvalue weighted by molar-refractivity contribution is 5.40. The molecule has 0 fully saturated rings. The highest BCUT2D eigenvalue weighted by Crippen LogP contribution is 2.29. The van der Waals surface area contributed by atoms with Crippen molar-refractivity contribution in [1.29, 1.82) is 0 Å². The van der Waals surface area contributed by atoms with Gasteiger partial charge in [0.1, 0.15) is 5.75 Å². The van der Waals surface area contributed by atoms with Crippen LogP contribution in [-0.4, -0.2) is 22.9 Å². The van der Waals surface area contributed by atoms with Gasteiger partial charge in [-0.1, -0.05) is 19.1 Å². The van der Waals surface area contributed by atoms with Gasteiger partial charge in [-0.05, 0) is 42.1 Å². The van der Waals surface area contributed by atoms with Crippen LogP contribution in [0.15, 0.2) is 30.6 Å². The lowest BCUT2D eigenvalue weighted by Gasteiger charge is -2.18. The number of aromatic nitrogens is 2. The van der Waals surface area contributed by atoms with Crippen LogP contribution in [0.5, 0.6) is 5.75 Å². The van der Waals surface area contributed by atoms with Gasteiger partial charge in [-0.25, -0.2) is 0 Å². The molecule has 0 radical (unpaired) electrons. The Kier molecular flexibility index (Phi) is 4.25. The Morgan fingerprint density at radius 1 is 1.43 bits per heavy atom. The van der Waals surface area contributed by atoms with E-state index in [2.05, 4.69) is 41.7 Å². The third-order valence-electron chi connectivity index (χ3n) is 4.09. The molecule has 1 aromatic heterocycles. The first-order valence-electron chi connectivity index (χ1n) is 7.73. The summed E-state index contributed by atoms with van der Waals surface area (Å²) >= 11 is 0. The SMILES string of the molecule is CCC(NCCc1cnn(C)c1)c1ccc2c(c1)CCO2. The number of hydrogen-bond acceptors (Lipinski definition) is 3. The highest BCUT2D eigenvalue weighted by Gasteiger charge is 2.15. The fourth-order valence-electron chi connectivity index (χ4n) is 2.91. The molecule has 2 heterocycles. The number of ether oxygens (including phenoxy) is 1. The van der Waals surface area contributed by atoms with Gasteiger partial charge in [0.05, 0.1) is 12.8 Å². The minimum absolute atomic E-state index is 0.410. The second kappa shape index (κ2) is 6.31. The standard InChI is InChI=1S/C17H23N3O/c1-3-16(18-8-6-13-11-19-20(2)12-13)14-4-5-17-15(10-14)7-9-21-17/h4-5,10-12,16,18H,3,6-9H2,1-2H3. The van der Waals surface area contributed by atoms with Crippen LogP contribution >= 0.6 is 0 Å². The van der Waals surface area contributed by atoms with E-state index in [9.17, 15) is 0 Å². The number of hydrogen-bond donors (Lipinski definition) is 1. The molecule has 0 saturated heterocycles. The van der Waals surface area contributed by atoms with Gasteiger partial charge in [0.25, 0.3) is 0 Å². The number of nitrogens with zero attached hydrogens (tertiary/aromatic N) is 2. The normalized spacial score (nSPS) is 14.8. The molecule has 1 unspecified atom stereocenters. The Hall–Kier alpha value is -1.81. The van der Waals surface area contributed by atoms with Gasteiger partial charge in [-0.2, -0.15) is 5.10 Å². The van der Waals surface area contributed by atoms with E-state index in [1.54, 1.807) is 0 Å². The van der Waals surface area contributed by atoms with Gasteiger partial charge >= 0.3 is 0 Å². The van der Waals surface area contributed by atoms with Crippen LogP contribution in [0.2, 0.25) is 0 Å². The Bertz CT molecular complexity index is 606. The van der Waals surface area contributed by atoms with E-state index in [1.165, 1.54) is 16.7 Å². The number of rotatable bonds is 6. The lowest BCUT2D eigenvalue weighted by Crippen LogP contribution is -2.23. The second-order valence-corrected chi connectivity index (χ2v) is 5.65. The van der Waals surface area contributed by atoms with Crippen molar-refractivity contribution in [2.75, 3.05) is 13.2 Å². The lowest BCUT2D eigenvalue weighted by atomic mass is 10.0. The zero-order chi connectivity index (χ0) is 14.7. The molecule has 3 rings (SSSR count). The maximum atomic E-state index is 5.58. The molecule has 4 nitrogen and oxygen atoms in total. The number of aryl methyl sites for hydroxylation is 1. The summed E-state index contributed by atoms with van der Waals surface area (Å²) in [7, 11) is 1.96. The largest absolute Gasteiger partial charge is 0.493 e. The minimum Gasteiger partial charge on any atom is -0.493 e. The molecule has 1 aliphatic rings. The highest BCUT2D eigenvalue weighted by atomic mass is 16.5. The average molecular weight is 285 g/mol. The summed E-state index contributed by atoms with van der Waals surface area (Å²) in [5.41, 5.74) is 4.00. The van der Waals surface area contributed by atoms with Crippen molar-refractivity contribution < 1.29 is 4.74 Å². The van der Waals surface area contributed by atoms with E-state index < -0.39 is 0 Å². The Labute approximate surface area is 126 Å². The summed E-state index contributed by atoms with van der Waals surface area (Å²) in [5.74, 6) is 1.06. The quantitative estimate of drug-likeness (QED) is 0.887. The Morgan fingerprint density at radius 2 is 2.33 bits per heavy atom. The van der Waals surface area contributed by atoms with E-state index in [1.807, 2.05) is 17.9 Å². The third-order valence-corrected chi connectivity index (χ3v) is 4.09. The zero-order valence-corrected chi connectivity index (χ0v) is 12.8. The van der Waals surface area contributed by atoms with Crippen molar-refractivity contribution in [2.45, 2.75) is 32.2 Å². The van der Waals surface area contributed by atoms with Gasteiger partial charge < -0.3 is 10.1 Å². The summed E-state index contributed by atoms with van der Waals surface area (Å²) < 4.78 is 7.43. The van der Waals surface area contributed by atoms with Crippen LogP contribution < -0.4 is 10.1 Å². The van der Waals surface area contributed by atoms with Crippen molar-refractivity contribution >= 4 is 0 Å². The topological polar surface area (TPSA) is 39.1 Å². The summed E-state index contributed by atoms with van der Waals surface area (Å²) in [6.07, 6.45) is 7.16. The van der Waals surface area contributed by atoms with Crippen LogP contribution in [0.1, 0.15) is 36.1 Å². The molecule has 112 valence electrons. The van der Waals surface area contributed by atoms with E-state index in [0.717, 1.165) is 38.2 Å². The van der Waals surface area contributed by atoms with Crippen molar-refractivity contribution in [1.82, 2.24) is 15.1 Å². The predicted octanol–water partition coefficient (Wildman–Crippen LogP) is 2.64. The molecule has 21 heavy (non-hydrogen) atoms. The van der Waals surface area contributed by atoms with Crippen molar-refractivity contribution in [2.24, 2.45) is 7.05 Å². The first-order valence-corrected chi connectivity index (χ1v) is 7.73. The predicted molar refractivity (Wildman–Crippen MR) is 83.6 cm³/mol. The summed E-state index contributed by atoms with van der Waals surface area (Å²) in [6, 6.07) is 7.01. The maximum absolute atomic E-state index is 5.58. The van der Waals surface area contributed by atoms with Gasteiger partial charge in [0.15, 0.2) is 0 Å². The monoisotopic (exact) mass is 285 g/mol. The smallest absolute Gasteiger partial charge is 0.122 e. The number of benzene rings is 1. The van der Waals surface area contributed by atoms with E-state index in [-0.39, 0.29) is 0 Å². The van der Waals surface area contributed by atoms with Crippen LogP contribution in [0.25, 0.3) is 0 Å². The average Bonchev–Trinajstić information content (AvgIpc) is 3.11. The molecular weight excluding hydrogens is 262 g/mol. The zero-order valence-electron chi connectivity index (χ0n) is 12.8. The van der Waals surface area contributed by atoms with E-state index in [0.29, 0.717) is 6.04 Å². The first-order chi connectivity index (χ1) is 10.3. The first kappa shape index (κ1) is 14.1. The minimum atomic E-state index is 0.410. The van der Waals surface area contributed by atoms with Gasteiger partial charge in [-0.15, -0.1) is 0 Å². The van der Waals surface area contributed by atoms with Gasteiger partial charge in [0.2, 0.25) is 0 Å². The fourth-order valence-corrected chi connectivity index (χ4v) is 2.91. The Morgan fingerprint density at radius 3 is 3.10 bits per heavy atom. The van der Waals surface area contributed by atoms with Crippen molar-refractivity contribution in [3.63, 3.8) is 0 Å². The molecule has 0 aliphatic carbocycles. The van der Waals surface area contributed by atoms with Crippen LogP contribution in [0.4, 0.5) is 0 Å². The second-order valence-electron chi connectivity index (χ2n) is 5.65. The van der Waals surface area contributed by atoms with Crippen molar-refractivity contribution in [3.05, 3.63) is 47.3 Å². The summed E-state index contributed by atoms with van der Waals surface area (Å²) in [6.45, 7) is 4.02. The summed E-state index contributed by atoms with van der Waals surface area (Å²) in [4.78, 5) is 0. The molecule has 0 spiro atoms. The summed E-state index contributed by atoms with van der Waals surface area (Å²) in [5, 5.41) is 7.86. The fraction of sp³-hybridized carbons (Fsp3) is 0.471. The van der Waals surface area contributed by atoms with Crippen LogP contribution in [0.3, 0.4) is 0 Å². The number of fused-ring (bicyclic) bond motifs is 1. The lowest BCUT2D eigenvalue weighted by molar-refractivity contribution is 0.356. The molecule has 1 atom stereocenters. The third kappa shape index (κ3) is 3.27. The molecule has 0 amide bonds. The van der Waals surface area contributed by atoms with Gasteiger partial charge in [0, 0.05) is 25.7 Å². The van der Waals surface area contributed by atoms with E-state index in [4.69, 9.17) is 4.74 Å². The molecule has 1 aliphatic heterocycles. The van der Waals surface area contributed by atoms with Crippen LogP contribution in [0, 0.1) is 0 Å². The van der Waals surface area contributed by atoms with E-state index >= 15 is 0 Å². The molecule has 0 bridgehead atoms. The molecule has 2 aromatic rings. The number of nitrogens with one attached hydrogen (secondary N) is 1. The molecule has 0 saturated carbocycles.